The Morgan fingerprint density at radius 3 is 2.89 bits per heavy atom. The molecule has 0 saturated heterocycles. The fourth-order valence-corrected chi connectivity index (χ4v) is 5.04. The lowest BCUT2D eigenvalue weighted by Gasteiger charge is -2.18. The Hall–Kier alpha value is -1.92. The van der Waals surface area contributed by atoms with Gasteiger partial charge in [0.15, 0.2) is 0 Å². The van der Waals surface area contributed by atoms with Crippen molar-refractivity contribution in [2.24, 2.45) is 0 Å². The maximum Gasteiger partial charge on any atom is 0.262 e. The maximum absolute atomic E-state index is 13.2. The molecule has 1 aliphatic rings. The number of hydrogen-bond donors (Lipinski definition) is 0. The van der Waals surface area contributed by atoms with Gasteiger partial charge in [-0.25, -0.2) is 4.98 Å². The third-order valence-corrected chi connectivity index (χ3v) is 6.62. The highest BCUT2D eigenvalue weighted by atomic mass is 32.1. The molecule has 0 aliphatic carbocycles. The van der Waals surface area contributed by atoms with Gasteiger partial charge in [-0.05, 0) is 32.0 Å². The van der Waals surface area contributed by atoms with E-state index in [9.17, 15) is 4.79 Å². The SMILES string of the molecule is CCN(CC)CCOc1cccc2c1sc1nc3n(c(=O)c12)CCCCC3. The van der Waals surface area contributed by atoms with E-state index in [2.05, 4.69) is 18.7 Å². The van der Waals surface area contributed by atoms with E-state index < -0.39 is 0 Å². The summed E-state index contributed by atoms with van der Waals surface area (Å²) in [6.07, 6.45) is 4.23. The minimum atomic E-state index is 0.114. The molecule has 4 rings (SSSR count). The molecule has 0 N–H and O–H groups in total. The van der Waals surface area contributed by atoms with E-state index in [0.717, 1.165) is 77.3 Å². The molecule has 1 aromatic carbocycles. The first-order valence-corrected chi connectivity index (χ1v) is 10.8. The second kappa shape index (κ2) is 7.98. The number of ether oxygens (including phenoxy) is 1. The lowest BCUT2D eigenvalue weighted by molar-refractivity contribution is 0.224. The monoisotopic (exact) mass is 385 g/mol. The van der Waals surface area contributed by atoms with Gasteiger partial charge in [-0.15, -0.1) is 11.3 Å². The number of aryl methyl sites for hydroxylation is 1. The Labute approximate surface area is 163 Å². The van der Waals surface area contributed by atoms with E-state index >= 15 is 0 Å². The predicted molar refractivity (Wildman–Crippen MR) is 112 cm³/mol. The van der Waals surface area contributed by atoms with Crippen LogP contribution in [0.25, 0.3) is 20.3 Å². The fourth-order valence-electron chi connectivity index (χ4n) is 3.89. The van der Waals surface area contributed by atoms with Gasteiger partial charge in [-0.1, -0.05) is 32.4 Å². The molecule has 27 heavy (non-hydrogen) atoms. The van der Waals surface area contributed by atoms with E-state index in [1.165, 1.54) is 6.42 Å². The van der Waals surface area contributed by atoms with Crippen LogP contribution in [0.2, 0.25) is 0 Å². The standard InChI is InChI=1S/C21H27N3O2S/c1-3-23(4-2)13-14-26-16-10-8-9-15-18-20(27-19(15)16)22-17-11-6-5-7-12-24(17)21(18)25/h8-10H,3-7,11-14H2,1-2H3. The lowest BCUT2D eigenvalue weighted by atomic mass is 10.2. The maximum atomic E-state index is 13.2. The van der Waals surface area contributed by atoms with Crippen LogP contribution in [0.4, 0.5) is 0 Å². The van der Waals surface area contributed by atoms with Gasteiger partial charge in [0.05, 0.1) is 10.1 Å². The molecule has 3 aromatic rings. The number of thiophene rings is 1. The Morgan fingerprint density at radius 2 is 2.07 bits per heavy atom. The number of aromatic nitrogens is 2. The zero-order valence-electron chi connectivity index (χ0n) is 16.2. The van der Waals surface area contributed by atoms with Crippen LogP contribution in [0.3, 0.4) is 0 Å². The van der Waals surface area contributed by atoms with Crippen LogP contribution in [0.5, 0.6) is 5.75 Å². The first-order valence-electron chi connectivity index (χ1n) is 10.0. The van der Waals surface area contributed by atoms with Crippen molar-refractivity contribution in [1.82, 2.24) is 14.5 Å². The normalized spacial score (nSPS) is 14.6. The summed E-state index contributed by atoms with van der Waals surface area (Å²) in [5, 5.41) is 1.74. The molecule has 1 aliphatic heterocycles. The number of hydrogen-bond acceptors (Lipinski definition) is 5. The number of benzene rings is 1. The Bertz CT molecular complexity index is 1000. The zero-order chi connectivity index (χ0) is 18.8. The summed E-state index contributed by atoms with van der Waals surface area (Å²) in [6.45, 7) is 8.73. The highest BCUT2D eigenvalue weighted by molar-refractivity contribution is 7.25. The van der Waals surface area contributed by atoms with Crippen LogP contribution in [-0.4, -0.2) is 40.7 Å². The summed E-state index contributed by atoms with van der Waals surface area (Å²) >= 11 is 1.59. The van der Waals surface area contributed by atoms with Crippen molar-refractivity contribution in [1.29, 1.82) is 0 Å². The summed E-state index contributed by atoms with van der Waals surface area (Å²) in [5.74, 6) is 1.81. The zero-order valence-corrected chi connectivity index (χ0v) is 17.0. The van der Waals surface area contributed by atoms with E-state index in [4.69, 9.17) is 9.72 Å². The van der Waals surface area contributed by atoms with Crippen LogP contribution in [0.15, 0.2) is 23.0 Å². The van der Waals surface area contributed by atoms with E-state index in [0.29, 0.717) is 6.61 Å². The smallest absolute Gasteiger partial charge is 0.262 e. The van der Waals surface area contributed by atoms with Crippen LogP contribution in [0, 0.1) is 0 Å². The first kappa shape index (κ1) is 18.4. The number of fused-ring (bicyclic) bond motifs is 4. The second-order valence-corrected chi connectivity index (χ2v) is 8.08. The fraction of sp³-hybridized carbons (Fsp3) is 0.524. The number of nitrogens with zero attached hydrogens (tertiary/aromatic N) is 3. The largest absolute Gasteiger partial charge is 0.491 e. The molecule has 0 bridgehead atoms. The second-order valence-electron chi connectivity index (χ2n) is 7.09. The van der Waals surface area contributed by atoms with E-state index in [-0.39, 0.29) is 5.56 Å². The lowest BCUT2D eigenvalue weighted by Crippen LogP contribution is -2.27. The van der Waals surface area contributed by atoms with Crippen molar-refractivity contribution in [2.45, 2.75) is 46.1 Å². The van der Waals surface area contributed by atoms with Crippen molar-refractivity contribution in [3.63, 3.8) is 0 Å². The summed E-state index contributed by atoms with van der Waals surface area (Å²) in [7, 11) is 0. The molecule has 5 nitrogen and oxygen atoms in total. The Balaban J connectivity index is 1.73. The molecule has 3 heterocycles. The van der Waals surface area contributed by atoms with E-state index in [1.54, 1.807) is 11.3 Å². The number of rotatable bonds is 6. The summed E-state index contributed by atoms with van der Waals surface area (Å²) in [5.41, 5.74) is 0.114. The van der Waals surface area contributed by atoms with Crippen LogP contribution >= 0.6 is 11.3 Å². The van der Waals surface area contributed by atoms with Gasteiger partial charge in [-0.2, -0.15) is 0 Å². The molecule has 6 heteroatoms. The van der Waals surface area contributed by atoms with Crippen LogP contribution in [0.1, 0.15) is 38.9 Å². The van der Waals surface area contributed by atoms with Crippen molar-refractivity contribution in [3.8, 4) is 5.75 Å². The third kappa shape index (κ3) is 3.48. The molecule has 0 atom stereocenters. The molecule has 0 amide bonds. The molecule has 144 valence electrons. The average molecular weight is 386 g/mol. The molecule has 0 fully saturated rings. The molecule has 0 spiro atoms. The highest BCUT2D eigenvalue weighted by Gasteiger charge is 2.19. The van der Waals surface area contributed by atoms with Gasteiger partial charge in [0, 0.05) is 24.9 Å². The summed E-state index contributed by atoms with van der Waals surface area (Å²) in [6, 6.07) is 6.01. The minimum absolute atomic E-state index is 0.114. The molecule has 0 saturated carbocycles. The molecule has 2 aromatic heterocycles. The van der Waals surface area contributed by atoms with Crippen molar-refractivity contribution < 1.29 is 4.74 Å². The van der Waals surface area contributed by atoms with Crippen molar-refractivity contribution in [2.75, 3.05) is 26.2 Å². The van der Waals surface area contributed by atoms with Crippen LogP contribution in [-0.2, 0) is 13.0 Å². The van der Waals surface area contributed by atoms with E-state index in [1.807, 2.05) is 22.8 Å². The quantitative estimate of drug-likeness (QED) is 0.642. The topological polar surface area (TPSA) is 47.4 Å². The highest BCUT2D eigenvalue weighted by Crippen LogP contribution is 2.37. The molecule has 0 unspecified atom stereocenters. The Kier molecular flexibility index (Phi) is 5.45. The summed E-state index contributed by atoms with van der Waals surface area (Å²) < 4.78 is 9.04. The molecular weight excluding hydrogens is 358 g/mol. The molecular formula is C21H27N3O2S. The van der Waals surface area contributed by atoms with Crippen molar-refractivity contribution in [3.05, 3.63) is 34.4 Å². The van der Waals surface area contributed by atoms with Gasteiger partial charge in [0.2, 0.25) is 0 Å². The van der Waals surface area contributed by atoms with Crippen LogP contribution < -0.4 is 10.3 Å². The van der Waals surface area contributed by atoms with Gasteiger partial charge in [0.25, 0.3) is 5.56 Å². The predicted octanol–water partition coefficient (Wildman–Crippen LogP) is 4.06. The van der Waals surface area contributed by atoms with Gasteiger partial charge in [-0.3, -0.25) is 9.36 Å². The average Bonchev–Trinajstić information content (AvgIpc) is 2.89. The van der Waals surface area contributed by atoms with Gasteiger partial charge < -0.3 is 9.64 Å². The Morgan fingerprint density at radius 1 is 1.22 bits per heavy atom. The number of likely N-dealkylation sites (N-methyl/N-ethyl adjacent to an activating group) is 1. The van der Waals surface area contributed by atoms with Gasteiger partial charge >= 0.3 is 0 Å². The first-order chi connectivity index (χ1) is 13.2. The third-order valence-electron chi connectivity index (χ3n) is 5.50. The van der Waals surface area contributed by atoms with Gasteiger partial charge in [0.1, 0.15) is 23.0 Å². The van der Waals surface area contributed by atoms with Crippen molar-refractivity contribution >= 4 is 31.6 Å². The minimum Gasteiger partial charge on any atom is -0.491 e. The molecule has 0 radical (unpaired) electrons. The summed E-state index contributed by atoms with van der Waals surface area (Å²) in [4.78, 5) is 21.2.